The highest BCUT2D eigenvalue weighted by Gasteiger charge is 2.46. The van der Waals surface area contributed by atoms with Gasteiger partial charge < -0.3 is 19.5 Å². The first-order valence-corrected chi connectivity index (χ1v) is 12.0. The summed E-state index contributed by atoms with van der Waals surface area (Å²) in [5.74, 6) is -0.812. The van der Waals surface area contributed by atoms with E-state index in [0.717, 1.165) is 16.0 Å². The van der Waals surface area contributed by atoms with Gasteiger partial charge in [0.15, 0.2) is 0 Å². The molecule has 1 aromatic heterocycles. The van der Waals surface area contributed by atoms with E-state index in [4.69, 9.17) is 9.47 Å². The number of benzene rings is 2. The zero-order chi connectivity index (χ0) is 24.1. The van der Waals surface area contributed by atoms with E-state index in [0.29, 0.717) is 37.5 Å². The zero-order valence-electron chi connectivity index (χ0n) is 19.2. The standard InChI is InChI=1S/C27H27NO5S/c1-18-7-3-4-8-20(18)17-33-21-12-10-19(11-13-21)25(29)23-24(22-9-5-16-34-22)28(14-6-15-32-2)27(31)26(23)30/h3-5,7-13,16,24,29H,6,14-15,17H2,1-2H3/b25-23+. The SMILES string of the molecule is COCCCN1C(=O)C(=O)/C(=C(/O)c2ccc(OCc3ccccc3C)cc2)C1c1cccs1. The molecule has 0 bridgehead atoms. The number of ether oxygens (including phenoxy) is 2. The van der Waals surface area contributed by atoms with E-state index in [1.165, 1.54) is 16.2 Å². The molecule has 1 unspecified atom stereocenters. The summed E-state index contributed by atoms with van der Waals surface area (Å²) in [5.41, 5.74) is 2.82. The summed E-state index contributed by atoms with van der Waals surface area (Å²) in [4.78, 5) is 28.2. The van der Waals surface area contributed by atoms with E-state index in [1.807, 2.05) is 48.7 Å². The van der Waals surface area contributed by atoms with Crippen molar-refractivity contribution in [1.29, 1.82) is 0 Å². The highest BCUT2D eigenvalue weighted by atomic mass is 32.1. The van der Waals surface area contributed by atoms with Crippen molar-refractivity contribution in [3.05, 3.63) is 93.2 Å². The van der Waals surface area contributed by atoms with Gasteiger partial charge in [-0.15, -0.1) is 11.3 Å². The number of likely N-dealkylation sites (tertiary alicyclic amines) is 1. The summed E-state index contributed by atoms with van der Waals surface area (Å²) in [5, 5.41) is 13.0. The van der Waals surface area contributed by atoms with Gasteiger partial charge in [-0.3, -0.25) is 9.59 Å². The van der Waals surface area contributed by atoms with Crippen LogP contribution in [0.4, 0.5) is 0 Å². The number of Topliss-reactive ketones (excluding diaryl/α,β-unsaturated/α-hetero) is 1. The molecule has 34 heavy (non-hydrogen) atoms. The number of carbonyl (C=O) groups excluding carboxylic acids is 2. The summed E-state index contributed by atoms with van der Waals surface area (Å²) in [6.45, 7) is 3.31. The van der Waals surface area contributed by atoms with E-state index in [9.17, 15) is 14.7 Å². The number of amides is 1. The van der Waals surface area contributed by atoms with Crippen molar-refractivity contribution in [3.63, 3.8) is 0 Å². The lowest BCUT2D eigenvalue weighted by molar-refractivity contribution is -0.140. The van der Waals surface area contributed by atoms with Crippen LogP contribution in [0.1, 0.15) is 34.0 Å². The van der Waals surface area contributed by atoms with E-state index < -0.39 is 17.7 Å². The minimum atomic E-state index is -0.673. The van der Waals surface area contributed by atoms with Gasteiger partial charge >= 0.3 is 0 Å². The molecule has 6 nitrogen and oxygen atoms in total. The van der Waals surface area contributed by atoms with Crippen molar-refractivity contribution in [3.8, 4) is 5.75 Å². The Hall–Kier alpha value is -3.42. The van der Waals surface area contributed by atoms with E-state index >= 15 is 0 Å². The van der Waals surface area contributed by atoms with Crippen molar-refractivity contribution in [2.24, 2.45) is 0 Å². The van der Waals surface area contributed by atoms with Gasteiger partial charge in [-0.2, -0.15) is 0 Å². The second-order valence-corrected chi connectivity index (χ2v) is 9.07. The number of thiophene rings is 1. The number of aliphatic hydroxyl groups is 1. The third-order valence-corrected chi connectivity index (χ3v) is 6.81. The average Bonchev–Trinajstić information content (AvgIpc) is 3.46. The Balaban J connectivity index is 1.59. The van der Waals surface area contributed by atoms with Crippen molar-refractivity contribution < 1.29 is 24.2 Å². The van der Waals surface area contributed by atoms with Crippen LogP contribution in [0.2, 0.25) is 0 Å². The van der Waals surface area contributed by atoms with Crippen LogP contribution < -0.4 is 4.74 Å². The molecule has 0 saturated carbocycles. The fraction of sp³-hybridized carbons (Fsp3) is 0.259. The van der Waals surface area contributed by atoms with Gasteiger partial charge in [0.2, 0.25) is 0 Å². The average molecular weight is 478 g/mol. The maximum absolute atomic E-state index is 13.0. The maximum atomic E-state index is 13.0. The van der Waals surface area contributed by atoms with Crippen LogP contribution in [0.5, 0.6) is 5.75 Å². The normalized spacial score (nSPS) is 17.4. The van der Waals surface area contributed by atoms with Gasteiger partial charge in [-0.25, -0.2) is 0 Å². The first kappa shape index (κ1) is 23.7. The smallest absolute Gasteiger partial charge is 0.295 e. The zero-order valence-corrected chi connectivity index (χ0v) is 20.0. The van der Waals surface area contributed by atoms with Crippen molar-refractivity contribution in [1.82, 2.24) is 4.90 Å². The Morgan fingerprint density at radius 2 is 1.82 bits per heavy atom. The third kappa shape index (κ3) is 4.90. The molecule has 1 N–H and O–H groups in total. The summed E-state index contributed by atoms with van der Waals surface area (Å²) < 4.78 is 11.0. The Labute approximate surface area is 203 Å². The summed E-state index contributed by atoms with van der Waals surface area (Å²) in [6.07, 6.45) is 0.596. The van der Waals surface area contributed by atoms with Crippen molar-refractivity contribution in [2.75, 3.05) is 20.3 Å². The molecule has 1 aliphatic rings. The Morgan fingerprint density at radius 3 is 2.50 bits per heavy atom. The number of ketones is 1. The van der Waals surface area contributed by atoms with Crippen molar-refractivity contribution in [2.45, 2.75) is 26.0 Å². The lowest BCUT2D eigenvalue weighted by Gasteiger charge is -2.24. The van der Waals surface area contributed by atoms with Crippen LogP contribution >= 0.6 is 11.3 Å². The first-order valence-electron chi connectivity index (χ1n) is 11.1. The van der Waals surface area contributed by atoms with E-state index in [2.05, 4.69) is 0 Å². The van der Waals surface area contributed by atoms with Gasteiger partial charge in [-0.05, 0) is 60.2 Å². The number of carbonyl (C=O) groups is 2. The number of hydrogen-bond acceptors (Lipinski definition) is 6. The molecule has 7 heteroatoms. The van der Waals surface area contributed by atoms with Crippen LogP contribution in [-0.2, 0) is 20.9 Å². The summed E-state index contributed by atoms with van der Waals surface area (Å²) >= 11 is 1.45. The van der Waals surface area contributed by atoms with Crippen LogP contribution in [0.15, 0.2) is 71.6 Å². The summed E-state index contributed by atoms with van der Waals surface area (Å²) in [6, 6.07) is 18.1. The first-order chi connectivity index (χ1) is 16.5. The lowest BCUT2D eigenvalue weighted by Crippen LogP contribution is -2.31. The molecule has 0 spiro atoms. The monoisotopic (exact) mass is 477 g/mol. The van der Waals surface area contributed by atoms with Crippen molar-refractivity contribution >= 4 is 28.8 Å². The molecule has 2 aromatic carbocycles. The molecule has 1 amide bonds. The molecule has 4 rings (SSSR count). The fourth-order valence-corrected chi connectivity index (χ4v) is 4.88. The molecule has 176 valence electrons. The van der Waals surface area contributed by atoms with Crippen LogP contribution in [-0.4, -0.2) is 42.0 Å². The molecular weight excluding hydrogens is 450 g/mol. The minimum absolute atomic E-state index is 0.110. The Bertz CT molecular complexity index is 1180. The van der Waals surface area contributed by atoms with Gasteiger partial charge in [-0.1, -0.05) is 30.3 Å². The lowest BCUT2D eigenvalue weighted by atomic mass is 10.00. The van der Waals surface area contributed by atoms with Crippen LogP contribution in [0.25, 0.3) is 5.76 Å². The van der Waals surface area contributed by atoms with Crippen LogP contribution in [0.3, 0.4) is 0 Å². The molecule has 3 aromatic rings. The number of rotatable bonds is 9. The van der Waals surface area contributed by atoms with Gasteiger partial charge in [0, 0.05) is 30.7 Å². The van der Waals surface area contributed by atoms with Gasteiger partial charge in [0.25, 0.3) is 11.7 Å². The fourth-order valence-electron chi connectivity index (χ4n) is 4.03. The molecule has 1 fully saturated rings. The van der Waals surface area contributed by atoms with Gasteiger partial charge in [0.05, 0.1) is 11.6 Å². The molecule has 0 radical (unpaired) electrons. The number of aryl methyl sites for hydroxylation is 1. The third-order valence-electron chi connectivity index (χ3n) is 5.88. The van der Waals surface area contributed by atoms with E-state index in [1.54, 1.807) is 31.4 Å². The largest absolute Gasteiger partial charge is 0.507 e. The predicted molar refractivity (Wildman–Crippen MR) is 132 cm³/mol. The number of aliphatic hydroxyl groups excluding tert-OH is 1. The molecule has 1 saturated heterocycles. The predicted octanol–water partition coefficient (Wildman–Crippen LogP) is 5.09. The molecule has 0 aliphatic carbocycles. The van der Waals surface area contributed by atoms with E-state index in [-0.39, 0.29) is 11.3 Å². The second kappa shape index (κ2) is 10.7. The Kier molecular flexibility index (Phi) is 7.45. The topological polar surface area (TPSA) is 76.1 Å². The van der Waals surface area contributed by atoms with Gasteiger partial charge in [0.1, 0.15) is 18.1 Å². The number of methoxy groups -OCH3 is 1. The highest BCUT2D eigenvalue weighted by Crippen LogP contribution is 2.41. The Morgan fingerprint density at radius 1 is 1.06 bits per heavy atom. The summed E-state index contributed by atoms with van der Waals surface area (Å²) in [7, 11) is 1.60. The number of hydrogen-bond donors (Lipinski definition) is 1. The number of nitrogens with zero attached hydrogens (tertiary/aromatic N) is 1. The molecule has 1 aliphatic heterocycles. The second-order valence-electron chi connectivity index (χ2n) is 8.09. The molecule has 2 heterocycles. The molecule has 1 atom stereocenters. The molecular formula is C27H27NO5S. The maximum Gasteiger partial charge on any atom is 0.295 e. The van der Waals surface area contributed by atoms with Crippen LogP contribution in [0, 0.1) is 6.92 Å². The minimum Gasteiger partial charge on any atom is -0.507 e. The quantitative estimate of drug-likeness (QED) is 0.201. The highest BCUT2D eigenvalue weighted by molar-refractivity contribution is 7.10.